The maximum absolute atomic E-state index is 12.4. The standard InChI is InChI=1S/C18H22N6O/c1-13-10-24(15(25)4-7-19)18(13)6-2-3-9-23(11-18)17-14-5-8-20-16(14)21-12-22-17/h5,8,12-13H,2-4,6,9-11H2,1H3,(H,20,21,22). The van der Waals surface area contributed by atoms with E-state index in [1.165, 1.54) is 0 Å². The van der Waals surface area contributed by atoms with Gasteiger partial charge in [-0.15, -0.1) is 0 Å². The first-order valence-corrected chi connectivity index (χ1v) is 8.86. The van der Waals surface area contributed by atoms with Crippen LogP contribution in [0, 0.1) is 17.2 Å². The molecule has 2 saturated heterocycles. The summed E-state index contributed by atoms with van der Waals surface area (Å²) in [5, 5.41) is 9.93. The lowest BCUT2D eigenvalue weighted by Gasteiger charge is -2.58. The fourth-order valence-electron chi connectivity index (χ4n) is 4.43. The molecule has 2 aliphatic heterocycles. The second-order valence-corrected chi connectivity index (χ2v) is 7.16. The zero-order valence-electron chi connectivity index (χ0n) is 14.4. The van der Waals surface area contributed by atoms with E-state index in [1.54, 1.807) is 6.33 Å². The minimum Gasteiger partial charge on any atom is -0.354 e. The van der Waals surface area contributed by atoms with Crippen molar-refractivity contribution in [1.29, 1.82) is 5.26 Å². The van der Waals surface area contributed by atoms with E-state index in [-0.39, 0.29) is 17.9 Å². The maximum Gasteiger partial charge on any atom is 0.237 e. The number of nitriles is 1. The monoisotopic (exact) mass is 338 g/mol. The molecule has 1 amide bonds. The van der Waals surface area contributed by atoms with Gasteiger partial charge in [-0.05, 0) is 31.2 Å². The molecule has 0 bridgehead atoms. The molecule has 25 heavy (non-hydrogen) atoms. The van der Waals surface area contributed by atoms with Crippen LogP contribution in [0.15, 0.2) is 18.6 Å². The fraction of sp³-hybridized carbons (Fsp3) is 0.556. The summed E-state index contributed by atoms with van der Waals surface area (Å²) in [5.74, 6) is 1.32. The van der Waals surface area contributed by atoms with Gasteiger partial charge >= 0.3 is 0 Å². The van der Waals surface area contributed by atoms with Gasteiger partial charge in [0.2, 0.25) is 5.91 Å². The van der Waals surface area contributed by atoms with Crippen LogP contribution in [-0.2, 0) is 4.79 Å². The number of anilines is 1. The number of carbonyl (C=O) groups is 1. The first kappa shape index (κ1) is 15.9. The molecule has 130 valence electrons. The highest BCUT2D eigenvalue weighted by atomic mass is 16.2. The van der Waals surface area contributed by atoms with Crippen LogP contribution in [0.1, 0.15) is 32.6 Å². The number of hydrogen-bond donors (Lipinski definition) is 1. The highest BCUT2D eigenvalue weighted by Gasteiger charge is 2.54. The molecular weight excluding hydrogens is 316 g/mol. The molecule has 1 N–H and O–H groups in total. The second kappa shape index (κ2) is 6.03. The van der Waals surface area contributed by atoms with Gasteiger partial charge in [-0.3, -0.25) is 4.79 Å². The summed E-state index contributed by atoms with van der Waals surface area (Å²) < 4.78 is 0. The van der Waals surface area contributed by atoms with Gasteiger partial charge in [0.05, 0.1) is 17.0 Å². The van der Waals surface area contributed by atoms with E-state index in [9.17, 15) is 4.79 Å². The molecule has 1 spiro atoms. The number of amides is 1. The zero-order valence-corrected chi connectivity index (χ0v) is 14.4. The van der Waals surface area contributed by atoms with Crippen LogP contribution in [-0.4, -0.2) is 50.9 Å². The quantitative estimate of drug-likeness (QED) is 0.905. The average Bonchev–Trinajstić information content (AvgIpc) is 2.97. The lowest BCUT2D eigenvalue weighted by atomic mass is 9.71. The minimum absolute atomic E-state index is 0.0377. The Morgan fingerprint density at radius 1 is 1.48 bits per heavy atom. The summed E-state index contributed by atoms with van der Waals surface area (Å²) in [6.45, 7) is 4.65. The highest BCUT2D eigenvalue weighted by molar-refractivity contribution is 5.87. The molecule has 0 aromatic carbocycles. The lowest BCUT2D eigenvalue weighted by molar-refractivity contribution is -0.155. The van der Waals surface area contributed by atoms with Gasteiger partial charge in [0.15, 0.2) is 0 Å². The summed E-state index contributed by atoms with van der Waals surface area (Å²) in [5.41, 5.74) is 0.653. The summed E-state index contributed by atoms with van der Waals surface area (Å²) in [6.07, 6.45) is 6.58. The first-order chi connectivity index (χ1) is 12.2. The Balaban J connectivity index is 1.68. The van der Waals surface area contributed by atoms with Gasteiger partial charge in [0.25, 0.3) is 0 Å². The molecule has 7 nitrogen and oxygen atoms in total. The number of nitrogens with one attached hydrogen (secondary N) is 1. The smallest absolute Gasteiger partial charge is 0.237 e. The van der Waals surface area contributed by atoms with Crippen molar-refractivity contribution in [1.82, 2.24) is 19.9 Å². The van der Waals surface area contributed by atoms with Crippen LogP contribution >= 0.6 is 0 Å². The molecule has 0 saturated carbocycles. The van der Waals surface area contributed by atoms with Crippen LogP contribution in [0.4, 0.5) is 5.82 Å². The molecule has 2 aromatic rings. The van der Waals surface area contributed by atoms with Crippen LogP contribution < -0.4 is 4.90 Å². The third-order valence-electron chi connectivity index (χ3n) is 5.83. The number of fused-ring (bicyclic) bond motifs is 1. The van der Waals surface area contributed by atoms with Gasteiger partial charge < -0.3 is 14.8 Å². The SMILES string of the molecule is CC1CN(C(=O)CC#N)C12CCCCN(c1ncnc3[nH]ccc13)C2. The first-order valence-electron chi connectivity index (χ1n) is 8.86. The Labute approximate surface area is 146 Å². The predicted molar refractivity (Wildman–Crippen MR) is 93.8 cm³/mol. The molecule has 0 aliphatic carbocycles. The molecule has 0 radical (unpaired) electrons. The molecule has 2 aliphatic rings. The van der Waals surface area contributed by atoms with Crippen molar-refractivity contribution in [3.05, 3.63) is 18.6 Å². The molecule has 2 unspecified atom stereocenters. The zero-order chi connectivity index (χ0) is 17.4. The number of aromatic amines is 1. The maximum atomic E-state index is 12.4. The van der Waals surface area contributed by atoms with Crippen molar-refractivity contribution in [3.63, 3.8) is 0 Å². The molecule has 4 rings (SSSR count). The largest absolute Gasteiger partial charge is 0.354 e. The fourth-order valence-corrected chi connectivity index (χ4v) is 4.43. The normalized spacial score (nSPS) is 26.3. The van der Waals surface area contributed by atoms with E-state index in [2.05, 4.69) is 26.8 Å². The number of aromatic nitrogens is 3. The number of nitrogens with zero attached hydrogens (tertiary/aromatic N) is 5. The van der Waals surface area contributed by atoms with Crippen LogP contribution in [0.2, 0.25) is 0 Å². The summed E-state index contributed by atoms with van der Waals surface area (Å²) in [4.78, 5) is 28.6. The van der Waals surface area contributed by atoms with E-state index in [0.717, 1.165) is 55.7 Å². The molecule has 2 fully saturated rings. The van der Waals surface area contributed by atoms with Crippen molar-refractivity contribution in [2.45, 2.75) is 38.1 Å². The Morgan fingerprint density at radius 2 is 2.36 bits per heavy atom. The second-order valence-electron chi connectivity index (χ2n) is 7.16. The van der Waals surface area contributed by atoms with Crippen LogP contribution in [0.25, 0.3) is 11.0 Å². The summed E-state index contributed by atoms with van der Waals surface area (Å²) in [6, 6.07) is 4.01. The number of rotatable bonds is 2. The number of likely N-dealkylation sites (tertiary alicyclic amines) is 1. The van der Waals surface area contributed by atoms with Crippen molar-refractivity contribution in [2.24, 2.45) is 5.92 Å². The van der Waals surface area contributed by atoms with Gasteiger partial charge in [-0.1, -0.05) is 6.92 Å². The summed E-state index contributed by atoms with van der Waals surface area (Å²) in [7, 11) is 0. The van der Waals surface area contributed by atoms with Gasteiger partial charge in [-0.25, -0.2) is 9.97 Å². The molecule has 2 atom stereocenters. The van der Waals surface area contributed by atoms with E-state index >= 15 is 0 Å². The Kier molecular flexibility index (Phi) is 3.83. The number of hydrogen-bond acceptors (Lipinski definition) is 5. The predicted octanol–water partition coefficient (Wildman–Crippen LogP) is 2.08. The molecule has 4 heterocycles. The number of H-pyrrole nitrogens is 1. The number of carbonyl (C=O) groups excluding carboxylic acids is 1. The molecular formula is C18H22N6O. The third kappa shape index (κ3) is 2.44. The Morgan fingerprint density at radius 3 is 3.16 bits per heavy atom. The topological polar surface area (TPSA) is 88.9 Å². The highest BCUT2D eigenvalue weighted by Crippen LogP contribution is 2.44. The molecule has 2 aromatic heterocycles. The van der Waals surface area contributed by atoms with Crippen LogP contribution in [0.3, 0.4) is 0 Å². The van der Waals surface area contributed by atoms with Crippen molar-refractivity contribution in [2.75, 3.05) is 24.5 Å². The third-order valence-corrected chi connectivity index (χ3v) is 5.83. The van der Waals surface area contributed by atoms with Gasteiger partial charge in [-0.2, -0.15) is 5.26 Å². The minimum atomic E-state index is -0.183. The van der Waals surface area contributed by atoms with E-state index in [1.807, 2.05) is 23.2 Å². The van der Waals surface area contributed by atoms with Crippen molar-refractivity contribution < 1.29 is 4.79 Å². The molecule has 7 heteroatoms. The van der Waals surface area contributed by atoms with E-state index < -0.39 is 0 Å². The average molecular weight is 338 g/mol. The lowest BCUT2D eigenvalue weighted by Crippen LogP contribution is -2.71. The van der Waals surface area contributed by atoms with Crippen molar-refractivity contribution in [3.8, 4) is 6.07 Å². The van der Waals surface area contributed by atoms with Gasteiger partial charge in [0.1, 0.15) is 24.2 Å². The van der Waals surface area contributed by atoms with Gasteiger partial charge in [0, 0.05) is 25.8 Å². The van der Waals surface area contributed by atoms with Crippen molar-refractivity contribution >= 4 is 22.8 Å². The van der Waals surface area contributed by atoms with E-state index in [0.29, 0.717) is 5.92 Å². The Hall–Kier alpha value is -2.62. The van der Waals surface area contributed by atoms with E-state index in [4.69, 9.17) is 5.26 Å². The van der Waals surface area contributed by atoms with Crippen LogP contribution in [0.5, 0.6) is 0 Å². The summed E-state index contributed by atoms with van der Waals surface area (Å²) >= 11 is 0. The Bertz CT molecular complexity index is 839.